The summed E-state index contributed by atoms with van der Waals surface area (Å²) < 4.78 is 14.9. The van der Waals surface area contributed by atoms with Crippen LogP contribution in [0, 0.1) is 25.6 Å². The number of primary amides is 1. The molecule has 1 aliphatic heterocycles. The van der Waals surface area contributed by atoms with Crippen LogP contribution in [0.2, 0.25) is 0 Å². The minimum absolute atomic E-state index is 0.167. The number of carbonyl (C=O) groups excluding carboxylic acids is 2. The SMILES string of the molecule is Cc1nn(-c2ccc(F)cc2)c(C)c1/C=C/C(=O)Nc1ccc(N2CCCC(C(N)=O)C2)nc1. The third-order valence-electron chi connectivity index (χ3n) is 5.98. The highest BCUT2D eigenvalue weighted by atomic mass is 19.1. The van der Waals surface area contributed by atoms with Crippen molar-refractivity contribution in [3.63, 3.8) is 0 Å². The highest BCUT2D eigenvalue weighted by Gasteiger charge is 2.24. The van der Waals surface area contributed by atoms with E-state index in [0.29, 0.717) is 12.2 Å². The van der Waals surface area contributed by atoms with Crippen molar-refractivity contribution >= 4 is 29.4 Å². The van der Waals surface area contributed by atoms with Crippen molar-refractivity contribution in [2.45, 2.75) is 26.7 Å². The molecule has 1 fully saturated rings. The topological polar surface area (TPSA) is 106 Å². The predicted molar refractivity (Wildman–Crippen MR) is 129 cm³/mol. The number of amides is 2. The van der Waals surface area contributed by atoms with Crippen molar-refractivity contribution in [1.82, 2.24) is 14.8 Å². The molecule has 0 aliphatic carbocycles. The molecule has 0 radical (unpaired) electrons. The third-order valence-corrected chi connectivity index (χ3v) is 5.98. The summed E-state index contributed by atoms with van der Waals surface area (Å²) in [6.45, 7) is 5.13. The molecule has 3 N–H and O–H groups in total. The number of aryl methyl sites for hydroxylation is 1. The summed E-state index contributed by atoms with van der Waals surface area (Å²) in [6.07, 6.45) is 6.44. The van der Waals surface area contributed by atoms with Crippen molar-refractivity contribution in [2.75, 3.05) is 23.3 Å². The summed E-state index contributed by atoms with van der Waals surface area (Å²) in [5.74, 6) is -0.308. The van der Waals surface area contributed by atoms with Crippen LogP contribution in [0.5, 0.6) is 0 Å². The van der Waals surface area contributed by atoms with Gasteiger partial charge in [0, 0.05) is 30.4 Å². The van der Waals surface area contributed by atoms with Crippen LogP contribution in [0.4, 0.5) is 15.9 Å². The molecule has 176 valence electrons. The average molecular weight is 463 g/mol. The summed E-state index contributed by atoms with van der Waals surface area (Å²) in [6, 6.07) is 9.69. The fraction of sp³-hybridized carbons (Fsp3) is 0.280. The number of pyridine rings is 1. The van der Waals surface area contributed by atoms with Gasteiger partial charge in [0.1, 0.15) is 11.6 Å². The molecule has 1 saturated heterocycles. The second kappa shape index (κ2) is 9.86. The molecule has 0 bridgehead atoms. The summed E-state index contributed by atoms with van der Waals surface area (Å²) in [5.41, 5.74) is 9.18. The number of aromatic nitrogens is 3. The normalized spacial score (nSPS) is 16.1. The van der Waals surface area contributed by atoms with Crippen LogP contribution in [-0.2, 0) is 9.59 Å². The maximum Gasteiger partial charge on any atom is 0.248 e. The average Bonchev–Trinajstić information content (AvgIpc) is 3.12. The fourth-order valence-corrected chi connectivity index (χ4v) is 4.14. The molecule has 1 aliphatic rings. The second-order valence-electron chi connectivity index (χ2n) is 8.39. The standard InChI is InChI=1S/C25H27FN6O2/c1-16-22(17(2)32(30-16)21-8-5-19(26)6-9-21)10-12-24(33)29-20-7-11-23(28-14-20)31-13-3-4-18(15-31)25(27)34/h5-12,14,18H,3-4,13,15H2,1-2H3,(H2,27,34)(H,29,33)/b12-10+. The Hall–Kier alpha value is -4.01. The predicted octanol–water partition coefficient (Wildman–Crippen LogP) is 3.38. The number of benzene rings is 1. The lowest BCUT2D eigenvalue weighted by Gasteiger charge is -2.32. The maximum absolute atomic E-state index is 13.2. The lowest BCUT2D eigenvalue weighted by atomic mass is 9.97. The van der Waals surface area contributed by atoms with Gasteiger partial charge < -0.3 is 16.0 Å². The third kappa shape index (κ3) is 5.14. The molecule has 34 heavy (non-hydrogen) atoms. The van der Waals surface area contributed by atoms with E-state index < -0.39 is 0 Å². The van der Waals surface area contributed by atoms with Gasteiger partial charge in [0.25, 0.3) is 0 Å². The van der Waals surface area contributed by atoms with Crippen LogP contribution in [0.3, 0.4) is 0 Å². The lowest BCUT2D eigenvalue weighted by Crippen LogP contribution is -2.41. The molecule has 4 rings (SSSR count). The van der Waals surface area contributed by atoms with Crippen LogP contribution in [0.1, 0.15) is 29.8 Å². The van der Waals surface area contributed by atoms with Gasteiger partial charge >= 0.3 is 0 Å². The van der Waals surface area contributed by atoms with Gasteiger partial charge in [0.2, 0.25) is 11.8 Å². The Labute approximate surface area is 197 Å². The zero-order valence-corrected chi connectivity index (χ0v) is 19.2. The van der Waals surface area contributed by atoms with Crippen LogP contribution in [0.15, 0.2) is 48.7 Å². The van der Waals surface area contributed by atoms with E-state index in [1.165, 1.54) is 18.2 Å². The van der Waals surface area contributed by atoms with Crippen LogP contribution in [-0.4, -0.2) is 39.7 Å². The smallest absolute Gasteiger partial charge is 0.248 e. The van der Waals surface area contributed by atoms with Crippen LogP contribution in [0.25, 0.3) is 11.8 Å². The van der Waals surface area contributed by atoms with Gasteiger partial charge in [-0.2, -0.15) is 5.10 Å². The highest BCUT2D eigenvalue weighted by molar-refractivity contribution is 6.02. The monoisotopic (exact) mass is 462 g/mol. The van der Waals surface area contributed by atoms with E-state index in [0.717, 1.165) is 47.8 Å². The van der Waals surface area contributed by atoms with E-state index in [1.807, 2.05) is 24.8 Å². The van der Waals surface area contributed by atoms with E-state index in [-0.39, 0.29) is 23.5 Å². The molecule has 1 aromatic carbocycles. The molecule has 0 saturated carbocycles. The zero-order valence-electron chi connectivity index (χ0n) is 19.2. The number of hydrogen-bond acceptors (Lipinski definition) is 5. The van der Waals surface area contributed by atoms with Gasteiger partial charge in [-0.15, -0.1) is 0 Å². The number of halogens is 1. The second-order valence-corrected chi connectivity index (χ2v) is 8.39. The van der Waals surface area contributed by atoms with Gasteiger partial charge in [-0.1, -0.05) is 0 Å². The Morgan fingerprint density at radius 1 is 1.18 bits per heavy atom. The first-order chi connectivity index (χ1) is 16.3. The van der Waals surface area contributed by atoms with Crippen molar-refractivity contribution < 1.29 is 14.0 Å². The number of carbonyl (C=O) groups is 2. The van der Waals surface area contributed by atoms with Crippen LogP contribution >= 0.6 is 0 Å². The van der Waals surface area contributed by atoms with Crippen LogP contribution < -0.4 is 16.0 Å². The minimum atomic E-state index is -0.310. The lowest BCUT2D eigenvalue weighted by molar-refractivity contribution is -0.122. The Morgan fingerprint density at radius 3 is 2.62 bits per heavy atom. The van der Waals surface area contributed by atoms with E-state index in [1.54, 1.807) is 35.2 Å². The number of piperidine rings is 1. The number of nitrogens with two attached hydrogens (primary N) is 1. The zero-order chi connectivity index (χ0) is 24.2. The molecule has 9 heteroatoms. The van der Waals surface area contributed by atoms with E-state index in [9.17, 15) is 14.0 Å². The van der Waals surface area contributed by atoms with Crippen molar-refractivity contribution in [2.24, 2.45) is 11.7 Å². The van der Waals surface area contributed by atoms with Crippen molar-refractivity contribution in [3.8, 4) is 5.69 Å². The Kier molecular flexibility index (Phi) is 6.72. The van der Waals surface area contributed by atoms with Gasteiger partial charge in [-0.05, 0) is 69.2 Å². The Bertz CT molecular complexity index is 1220. The molecule has 2 amide bonds. The minimum Gasteiger partial charge on any atom is -0.369 e. The number of nitrogens with one attached hydrogen (secondary N) is 1. The summed E-state index contributed by atoms with van der Waals surface area (Å²) in [7, 11) is 0. The van der Waals surface area contributed by atoms with Gasteiger partial charge in [0.15, 0.2) is 0 Å². The molecule has 3 heterocycles. The van der Waals surface area contributed by atoms with Gasteiger partial charge in [-0.3, -0.25) is 9.59 Å². The molecule has 1 atom stereocenters. The quantitative estimate of drug-likeness (QED) is 0.547. The Morgan fingerprint density at radius 2 is 1.94 bits per heavy atom. The molecule has 1 unspecified atom stereocenters. The summed E-state index contributed by atoms with van der Waals surface area (Å²) in [5, 5.41) is 7.31. The molecular weight excluding hydrogens is 435 g/mol. The summed E-state index contributed by atoms with van der Waals surface area (Å²) >= 11 is 0. The van der Waals surface area contributed by atoms with Gasteiger partial charge in [0.05, 0.1) is 29.2 Å². The molecule has 8 nitrogen and oxygen atoms in total. The largest absolute Gasteiger partial charge is 0.369 e. The molecule has 2 aromatic heterocycles. The molecule has 3 aromatic rings. The first-order valence-electron chi connectivity index (χ1n) is 11.1. The van der Waals surface area contributed by atoms with E-state index in [4.69, 9.17) is 5.73 Å². The van der Waals surface area contributed by atoms with E-state index >= 15 is 0 Å². The number of hydrogen-bond donors (Lipinski definition) is 2. The number of nitrogens with zero attached hydrogens (tertiary/aromatic N) is 4. The first-order valence-corrected chi connectivity index (χ1v) is 11.1. The Balaban J connectivity index is 1.41. The van der Waals surface area contributed by atoms with Gasteiger partial charge in [-0.25, -0.2) is 14.1 Å². The number of anilines is 2. The maximum atomic E-state index is 13.2. The highest BCUT2D eigenvalue weighted by Crippen LogP contribution is 2.23. The van der Waals surface area contributed by atoms with Crippen molar-refractivity contribution in [3.05, 3.63) is 71.4 Å². The number of rotatable bonds is 6. The van der Waals surface area contributed by atoms with E-state index in [2.05, 4.69) is 15.4 Å². The molecule has 0 spiro atoms. The fourth-order valence-electron chi connectivity index (χ4n) is 4.14. The molecular formula is C25H27FN6O2. The summed E-state index contributed by atoms with van der Waals surface area (Å²) in [4.78, 5) is 30.4. The van der Waals surface area contributed by atoms with Crippen molar-refractivity contribution in [1.29, 1.82) is 0 Å². The first kappa shape index (κ1) is 23.2.